The molecule has 1 atom stereocenters. The van der Waals surface area contributed by atoms with E-state index in [1.807, 2.05) is 0 Å². The zero-order chi connectivity index (χ0) is 14.7. The van der Waals surface area contributed by atoms with Gasteiger partial charge in [0.2, 0.25) is 5.91 Å². The second-order valence-corrected chi connectivity index (χ2v) is 4.20. The highest BCUT2D eigenvalue weighted by molar-refractivity contribution is 6.04. The summed E-state index contributed by atoms with van der Waals surface area (Å²) in [5.74, 6) is -2.61. The minimum atomic E-state index is -1.26. The average Bonchev–Trinajstić information content (AvgIpc) is 2.46. The number of carbonyl (C=O) groups is 3. The van der Waals surface area contributed by atoms with Crippen LogP contribution in [0.25, 0.3) is 0 Å². The van der Waals surface area contributed by atoms with E-state index < -0.39 is 23.8 Å². The molecule has 3 N–H and O–H groups in total. The van der Waals surface area contributed by atoms with Crippen molar-refractivity contribution in [3.63, 3.8) is 0 Å². The van der Waals surface area contributed by atoms with Gasteiger partial charge in [0.15, 0.2) is 0 Å². The van der Waals surface area contributed by atoms with Gasteiger partial charge < -0.3 is 20.5 Å². The summed E-state index contributed by atoms with van der Waals surface area (Å²) in [4.78, 5) is 39.8. The topological polar surface area (TPSA) is 123 Å². The molecule has 106 valence electrons. The Bertz CT molecular complexity index is 560. The van der Waals surface area contributed by atoms with Gasteiger partial charge in [-0.1, -0.05) is 0 Å². The Morgan fingerprint density at radius 1 is 1.45 bits per heavy atom. The van der Waals surface area contributed by atoms with E-state index in [2.05, 4.69) is 4.98 Å². The van der Waals surface area contributed by atoms with Crippen molar-refractivity contribution in [1.82, 2.24) is 9.88 Å². The number of aromatic nitrogens is 1. The van der Waals surface area contributed by atoms with Gasteiger partial charge in [0.05, 0.1) is 18.8 Å². The van der Waals surface area contributed by atoms with Gasteiger partial charge in [0, 0.05) is 12.7 Å². The predicted octanol–water partition coefficient (Wildman–Crippen LogP) is -0.894. The number of primary amides is 1. The van der Waals surface area contributed by atoms with Crippen LogP contribution in [0, 0.1) is 0 Å². The molecule has 2 amide bonds. The van der Waals surface area contributed by atoms with Crippen LogP contribution in [0.1, 0.15) is 20.8 Å². The third kappa shape index (κ3) is 2.59. The van der Waals surface area contributed by atoms with Crippen molar-refractivity contribution in [1.29, 1.82) is 0 Å². The number of nitrogens with zero attached hydrogens (tertiary/aromatic N) is 2. The maximum absolute atomic E-state index is 12.4. The number of aromatic carboxylic acids is 1. The molecule has 8 nitrogen and oxygen atoms in total. The molecule has 0 aliphatic carbocycles. The SMILES string of the molecule is NC(=O)C1COCCN1C(=O)c1ncccc1C(=O)O. The maximum atomic E-state index is 12.4. The van der Waals surface area contributed by atoms with E-state index in [9.17, 15) is 14.4 Å². The number of rotatable bonds is 3. The number of amides is 2. The molecular weight excluding hydrogens is 266 g/mol. The van der Waals surface area contributed by atoms with Crippen molar-refractivity contribution >= 4 is 17.8 Å². The molecule has 0 spiro atoms. The van der Waals surface area contributed by atoms with Crippen molar-refractivity contribution in [2.45, 2.75) is 6.04 Å². The summed E-state index contributed by atoms with van der Waals surface area (Å²) in [6, 6.07) is 1.79. The van der Waals surface area contributed by atoms with Crippen molar-refractivity contribution in [2.24, 2.45) is 5.73 Å². The first kappa shape index (κ1) is 13.9. The number of hydrogen-bond acceptors (Lipinski definition) is 5. The van der Waals surface area contributed by atoms with E-state index in [0.29, 0.717) is 0 Å². The first-order valence-electron chi connectivity index (χ1n) is 5.88. The molecule has 0 bridgehead atoms. The highest BCUT2D eigenvalue weighted by atomic mass is 16.5. The minimum absolute atomic E-state index is 0.00366. The molecule has 0 aromatic carbocycles. The largest absolute Gasteiger partial charge is 0.478 e. The monoisotopic (exact) mass is 279 g/mol. The lowest BCUT2D eigenvalue weighted by Gasteiger charge is -2.33. The van der Waals surface area contributed by atoms with E-state index >= 15 is 0 Å². The number of carboxylic acid groups (broad SMARTS) is 1. The van der Waals surface area contributed by atoms with E-state index in [1.54, 1.807) is 0 Å². The number of hydrogen-bond donors (Lipinski definition) is 2. The normalized spacial score (nSPS) is 18.6. The lowest BCUT2D eigenvalue weighted by Crippen LogP contribution is -2.55. The summed E-state index contributed by atoms with van der Waals surface area (Å²) in [5.41, 5.74) is 4.79. The van der Waals surface area contributed by atoms with Crippen LogP contribution in [0.2, 0.25) is 0 Å². The molecule has 1 saturated heterocycles. The average molecular weight is 279 g/mol. The molecule has 1 aliphatic heterocycles. The van der Waals surface area contributed by atoms with Gasteiger partial charge in [-0.3, -0.25) is 14.6 Å². The van der Waals surface area contributed by atoms with Gasteiger partial charge >= 0.3 is 5.97 Å². The summed E-state index contributed by atoms with van der Waals surface area (Å²) >= 11 is 0. The Hall–Kier alpha value is -2.48. The fraction of sp³-hybridized carbons (Fsp3) is 0.333. The molecule has 1 aromatic heterocycles. The number of nitrogens with two attached hydrogens (primary N) is 1. The molecular formula is C12H13N3O5. The molecule has 8 heteroatoms. The van der Waals surface area contributed by atoms with Crippen molar-refractivity contribution in [3.8, 4) is 0 Å². The number of carbonyl (C=O) groups excluding carboxylic acids is 2. The smallest absolute Gasteiger partial charge is 0.338 e. The van der Waals surface area contributed by atoms with Gasteiger partial charge in [-0.25, -0.2) is 4.79 Å². The second kappa shape index (κ2) is 5.66. The van der Waals surface area contributed by atoms with E-state index in [1.165, 1.54) is 23.2 Å². The van der Waals surface area contributed by atoms with Gasteiger partial charge in [-0.05, 0) is 12.1 Å². The van der Waals surface area contributed by atoms with E-state index in [4.69, 9.17) is 15.6 Å². The van der Waals surface area contributed by atoms with Crippen LogP contribution in [-0.4, -0.2) is 58.6 Å². The zero-order valence-electron chi connectivity index (χ0n) is 10.5. The highest BCUT2D eigenvalue weighted by Gasteiger charge is 2.34. The molecule has 1 aromatic rings. The summed E-state index contributed by atoms with van der Waals surface area (Å²) in [6.07, 6.45) is 1.32. The third-order valence-corrected chi connectivity index (χ3v) is 2.96. The first-order chi connectivity index (χ1) is 9.52. The Balaban J connectivity index is 2.35. The van der Waals surface area contributed by atoms with Crippen LogP contribution in [-0.2, 0) is 9.53 Å². The Morgan fingerprint density at radius 3 is 2.85 bits per heavy atom. The Labute approximate surface area is 114 Å². The van der Waals surface area contributed by atoms with Gasteiger partial charge in [-0.15, -0.1) is 0 Å². The third-order valence-electron chi connectivity index (χ3n) is 2.96. The second-order valence-electron chi connectivity index (χ2n) is 4.20. The lowest BCUT2D eigenvalue weighted by molar-refractivity contribution is -0.127. The van der Waals surface area contributed by atoms with Crippen LogP contribution in [0.4, 0.5) is 0 Å². The van der Waals surface area contributed by atoms with Crippen molar-refractivity contribution in [3.05, 3.63) is 29.6 Å². The van der Waals surface area contributed by atoms with Crippen molar-refractivity contribution in [2.75, 3.05) is 19.8 Å². The highest BCUT2D eigenvalue weighted by Crippen LogP contribution is 2.14. The van der Waals surface area contributed by atoms with E-state index in [-0.39, 0.29) is 31.0 Å². The molecule has 1 fully saturated rings. The fourth-order valence-electron chi connectivity index (χ4n) is 1.97. The summed E-state index contributed by atoms with van der Waals surface area (Å²) in [6.45, 7) is 0.406. The first-order valence-corrected chi connectivity index (χ1v) is 5.88. The number of carboxylic acids is 1. The zero-order valence-corrected chi connectivity index (χ0v) is 10.5. The maximum Gasteiger partial charge on any atom is 0.338 e. The molecule has 1 aliphatic rings. The number of ether oxygens (including phenoxy) is 1. The quantitative estimate of drug-likeness (QED) is 0.739. The molecule has 0 radical (unpaired) electrons. The van der Waals surface area contributed by atoms with Crippen LogP contribution in [0.3, 0.4) is 0 Å². The standard InChI is InChI=1S/C12H13N3O5/c13-10(16)8-6-20-5-4-15(8)11(17)9-7(12(18)19)2-1-3-14-9/h1-3,8H,4-6H2,(H2,13,16)(H,18,19). The van der Waals surface area contributed by atoms with Gasteiger partial charge in [0.1, 0.15) is 11.7 Å². The summed E-state index contributed by atoms with van der Waals surface area (Å²) in [5, 5.41) is 9.06. The van der Waals surface area contributed by atoms with Gasteiger partial charge in [0.25, 0.3) is 5.91 Å². The lowest BCUT2D eigenvalue weighted by atomic mass is 10.1. The predicted molar refractivity (Wildman–Crippen MR) is 66.0 cm³/mol. The molecule has 1 unspecified atom stereocenters. The van der Waals surface area contributed by atoms with E-state index in [0.717, 1.165) is 0 Å². The molecule has 2 rings (SSSR count). The van der Waals surface area contributed by atoms with Crippen LogP contribution in [0.15, 0.2) is 18.3 Å². The van der Waals surface area contributed by atoms with Gasteiger partial charge in [-0.2, -0.15) is 0 Å². The van der Waals surface area contributed by atoms with Crippen LogP contribution < -0.4 is 5.73 Å². The minimum Gasteiger partial charge on any atom is -0.478 e. The van der Waals surface area contributed by atoms with Crippen LogP contribution in [0.5, 0.6) is 0 Å². The number of pyridine rings is 1. The Morgan fingerprint density at radius 2 is 2.20 bits per heavy atom. The summed E-state index contributed by atoms with van der Waals surface area (Å²) in [7, 11) is 0. The molecule has 20 heavy (non-hydrogen) atoms. The molecule has 2 heterocycles. The Kier molecular flexibility index (Phi) is 3.94. The fourth-order valence-corrected chi connectivity index (χ4v) is 1.97. The van der Waals surface area contributed by atoms with Crippen molar-refractivity contribution < 1.29 is 24.2 Å². The molecule has 0 saturated carbocycles. The summed E-state index contributed by atoms with van der Waals surface area (Å²) < 4.78 is 5.11. The number of morpholine rings is 1. The van der Waals surface area contributed by atoms with Crippen LogP contribution >= 0.6 is 0 Å².